The maximum Gasteiger partial charge on any atom is 0.274 e. The van der Waals surface area contributed by atoms with E-state index in [9.17, 15) is 14.7 Å². The molecule has 0 aromatic carbocycles. The van der Waals surface area contributed by atoms with Gasteiger partial charge in [0.2, 0.25) is 5.88 Å². The fourth-order valence-electron chi connectivity index (χ4n) is 1.83. The van der Waals surface area contributed by atoms with Gasteiger partial charge in [0.25, 0.3) is 11.5 Å². The number of hydrogen-bond donors (Lipinski definition) is 4. The number of carbonyl (C=O) groups is 1. The van der Waals surface area contributed by atoms with E-state index in [0.29, 0.717) is 13.1 Å². The van der Waals surface area contributed by atoms with Gasteiger partial charge in [-0.1, -0.05) is 6.07 Å². The zero-order chi connectivity index (χ0) is 15.2. The molecule has 0 saturated carbocycles. The van der Waals surface area contributed by atoms with Crippen LogP contribution in [0.4, 0.5) is 0 Å². The molecule has 8 heteroatoms. The second-order valence-electron chi connectivity index (χ2n) is 4.27. The van der Waals surface area contributed by atoms with E-state index in [1.165, 1.54) is 10.6 Å². The molecule has 1 amide bonds. The van der Waals surface area contributed by atoms with Gasteiger partial charge in [-0.15, -0.1) is 0 Å². The zero-order valence-corrected chi connectivity index (χ0v) is 11.2. The number of nitrogens with one attached hydrogen (secondary N) is 2. The third kappa shape index (κ3) is 3.36. The summed E-state index contributed by atoms with van der Waals surface area (Å²) in [7, 11) is 0. The van der Waals surface area contributed by atoms with Crippen molar-refractivity contribution in [1.82, 2.24) is 20.0 Å². The van der Waals surface area contributed by atoms with Crippen LogP contribution in [0.2, 0.25) is 0 Å². The lowest BCUT2D eigenvalue weighted by molar-refractivity contribution is 0.0948. The topological polar surface area (TPSA) is 116 Å². The monoisotopic (exact) mass is 292 g/mol. The quantitative estimate of drug-likeness (QED) is 0.492. The van der Waals surface area contributed by atoms with E-state index in [2.05, 4.69) is 15.6 Å². The Bertz CT molecular complexity index is 698. The second kappa shape index (κ2) is 6.82. The minimum absolute atomic E-state index is 0.00464. The summed E-state index contributed by atoms with van der Waals surface area (Å²) in [5, 5.41) is 23.7. The molecule has 0 saturated heterocycles. The van der Waals surface area contributed by atoms with Crippen molar-refractivity contribution in [2.45, 2.75) is 0 Å². The van der Waals surface area contributed by atoms with Crippen LogP contribution in [0.3, 0.4) is 0 Å². The van der Waals surface area contributed by atoms with Crippen LogP contribution in [0.25, 0.3) is 5.65 Å². The molecule has 21 heavy (non-hydrogen) atoms. The third-order valence-corrected chi connectivity index (χ3v) is 2.82. The number of aromatic nitrogens is 2. The van der Waals surface area contributed by atoms with Crippen molar-refractivity contribution in [1.29, 1.82) is 0 Å². The highest BCUT2D eigenvalue weighted by atomic mass is 16.3. The van der Waals surface area contributed by atoms with E-state index < -0.39 is 17.3 Å². The first-order valence-electron chi connectivity index (χ1n) is 6.45. The van der Waals surface area contributed by atoms with Gasteiger partial charge in [0, 0.05) is 25.8 Å². The van der Waals surface area contributed by atoms with Crippen LogP contribution in [-0.4, -0.2) is 51.7 Å². The van der Waals surface area contributed by atoms with Gasteiger partial charge < -0.3 is 20.8 Å². The van der Waals surface area contributed by atoms with E-state index in [4.69, 9.17) is 5.11 Å². The van der Waals surface area contributed by atoms with Crippen LogP contribution in [0.1, 0.15) is 10.4 Å². The molecule has 2 heterocycles. The Balaban J connectivity index is 2.17. The molecular formula is C13H16N4O4. The normalized spacial score (nSPS) is 10.7. The van der Waals surface area contributed by atoms with Crippen LogP contribution in [-0.2, 0) is 0 Å². The standard InChI is InChI=1S/C13H16N4O4/c18-8-6-14-4-5-15-11(19)10-12(20)16-9-3-1-2-7-17(9)13(10)21/h1-3,7,14,18,20H,4-6,8H2,(H,15,19). The summed E-state index contributed by atoms with van der Waals surface area (Å²) in [6, 6.07) is 4.86. The molecule has 2 aromatic heterocycles. The molecule has 0 radical (unpaired) electrons. The molecule has 112 valence electrons. The maximum absolute atomic E-state index is 12.2. The van der Waals surface area contributed by atoms with Gasteiger partial charge in [0.05, 0.1) is 6.61 Å². The van der Waals surface area contributed by atoms with E-state index in [1.54, 1.807) is 18.2 Å². The number of amides is 1. The highest BCUT2D eigenvalue weighted by molar-refractivity contribution is 5.96. The van der Waals surface area contributed by atoms with E-state index in [1.807, 2.05) is 0 Å². The highest BCUT2D eigenvalue weighted by Gasteiger charge is 2.19. The molecule has 0 aliphatic rings. The first kappa shape index (κ1) is 14.9. The molecule has 2 rings (SSSR count). The van der Waals surface area contributed by atoms with Gasteiger partial charge in [-0.05, 0) is 12.1 Å². The lowest BCUT2D eigenvalue weighted by atomic mass is 10.3. The minimum Gasteiger partial charge on any atom is -0.493 e. The van der Waals surface area contributed by atoms with Gasteiger partial charge in [-0.3, -0.25) is 14.0 Å². The lowest BCUT2D eigenvalue weighted by Gasteiger charge is -2.08. The van der Waals surface area contributed by atoms with Gasteiger partial charge in [-0.2, -0.15) is 4.98 Å². The van der Waals surface area contributed by atoms with Gasteiger partial charge in [0.15, 0.2) is 5.56 Å². The molecule has 4 N–H and O–H groups in total. The Kier molecular flexibility index (Phi) is 4.85. The van der Waals surface area contributed by atoms with Crippen molar-refractivity contribution >= 4 is 11.6 Å². The van der Waals surface area contributed by atoms with E-state index in [-0.39, 0.29) is 24.4 Å². The molecule has 8 nitrogen and oxygen atoms in total. The zero-order valence-electron chi connectivity index (χ0n) is 11.2. The van der Waals surface area contributed by atoms with E-state index >= 15 is 0 Å². The molecule has 0 fully saturated rings. The Morgan fingerprint density at radius 2 is 2.10 bits per heavy atom. The third-order valence-electron chi connectivity index (χ3n) is 2.82. The van der Waals surface area contributed by atoms with Crippen molar-refractivity contribution in [3.8, 4) is 5.88 Å². The van der Waals surface area contributed by atoms with Crippen molar-refractivity contribution in [2.24, 2.45) is 0 Å². The second-order valence-corrected chi connectivity index (χ2v) is 4.27. The Labute approximate surface area is 120 Å². The summed E-state index contributed by atoms with van der Waals surface area (Å²) in [4.78, 5) is 28.0. The van der Waals surface area contributed by atoms with Crippen molar-refractivity contribution in [2.75, 3.05) is 26.2 Å². The number of aliphatic hydroxyl groups excluding tert-OH is 1. The number of hydrogen-bond acceptors (Lipinski definition) is 6. The first-order valence-corrected chi connectivity index (χ1v) is 6.45. The Morgan fingerprint density at radius 1 is 1.29 bits per heavy atom. The smallest absolute Gasteiger partial charge is 0.274 e. The number of fused-ring (bicyclic) bond motifs is 1. The summed E-state index contributed by atoms with van der Waals surface area (Å²) in [5.41, 5.74) is -0.749. The minimum atomic E-state index is -0.686. The Hall–Kier alpha value is -2.45. The van der Waals surface area contributed by atoms with Crippen molar-refractivity contribution in [3.05, 3.63) is 40.3 Å². The number of aliphatic hydroxyl groups is 1. The van der Waals surface area contributed by atoms with Crippen LogP contribution >= 0.6 is 0 Å². The lowest BCUT2D eigenvalue weighted by Crippen LogP contribution is -2.36. The molecule has 0 spiro atoms. The molecule has 0 aliphatic carbocycles. The van der Waals surface area contributed by atoms with Crippen LogP contribution in [0.15, 0.2) is 29.2 Å². The average Bonchev–Trinajstić information content (AvgIpc) is 2.47. The Morgan fingerprint density at radius 3 is 2.86 bits per heavy atom. The van der Waals surface area contributed by atoms with E-state index in [0.717, 1.165) is 0 Å². The average molecular weight is 292 g/mol. The predicted molar refractivity (Wildman–Crippen MR) is 75.4 cm³/mol. The fourth-order valence-corrected chi connectivity index (χ4v) is 1.83. The van der Waals surface area contributed by atoms with Crippen molar-refractivity contribution < 1.29 is 15.0 Å². The number of pyridine rings is 1. The number of carbonyl (C=O) groups excluding carboxylic acids is 1. The molecule has 0 unspecified atom stereocenters. The highest BCUT2D eigenvalue weighted by Crippen LogP contribution is 2.10. The largest absolute Gasteiger partial charge is 0.493 e. The first-order chi connectivity index (χ1) is 10.1. The van der Waals surface area contributed by atoms with Crippen LogP contribution < -0.4 is 16.2 Å². The SMILES string of the molecule is O=C(NCCNCCO)c1c(O)nc2ccccn2c1=O. The number of rotatable bonds is 6. The predicted octanol–water partition coefficient (Wildman–Crippen LogP) is -1.29. The molecular weight excluding hydrogens is 276 g/mol. The van der Waals surface area contributed by atoms with Gasteiger partial charge >= 0.3 is 0 Å². The number of aromatic hydroxyl groups is 1. The maximum atomic E-state index is 12.2. The summed E-state index contributed by atoms with van der Waals surface area (Å²) in [5.74, 6) is -1.28. The molecule has 0 atom stereocenters. The summed E-state index contributed by atoms with van der Waals surface area (Å²) in [6.07, 6.45) is 1.48. The van der Waals surface area contributed by atoms with Crippen LogP contribution in [0.5, 0.6) is 5.88 Å². The van der Waals surface area contributed by atoms with Crippen molar-refractivity contribution in [3.63, 3.8) is 0 Å². The summed E-state index contributed by atoms with van der Waals surface area (Å²) >= 11 is 0. The number of nitrogens with zero attached hydrogens (tertiary/aromatic N) is 2. The summed E-state index contributed by atoms with van der Waals surface area (Å²) in [6.45, 7) is 1.12. The molecule has 2 aromatic rings. The molecule has 0 aliphatic heterocycles. The van der Waals surface area contributed by atoms with Crippen LogP contribution in [0, 0.1) is 0 Å². The summed E-state index contributed by atoms with van der Waals surface area (Å²) < 4.78 is 1.19. The van der Waals surface area contributed by atoms with Gasteiger partial charge in [-0.25, -0.2) is 0 Å². The fraction of sp³-hybridized carbons (Fsp3) is 0.308. The van der Waals surface area contributed by atoms with Gasteiger partial charge in [0.1, 0.15) is 5.65 Å². The molecule has 0 bridgehead atoms.